The van der Waals surface area contributed by atoms with E-state index in [0.717, 1.165) is 15.7 Å². The standard InChI is InChI=1S/C17H22BrN3O4S/c1-10-6-7-12(11(18)8-10)19-15(22)5-3-2-4-14-16-13(9-26(14,24)25)20-17(23)21-16/h6-8,13-14,16H,2-5,9H2,1H3,(H,19,22)(H2,20,21,23)/t13-,14-,16+/m1/s1. The van der Waals surface area contributed by atoms with Crippen LogP contribution in [0.4, 0.5) is 10.5 Å². The van der Waals surface area contributed by atoms with Crippen LogP contribution < -0.4 is 16.0 Å². The number of fused-ring (bicyclic) bond motifs is 1. The second kappa shape index (κ2) is 7.56. The number of hydrogen-bond donors (Lipinski definition) is 3. The van der Waals surface area contributed by atoms with Crippen molar-refractivity contribution in [3.8, 4) is 0 Å². The summed E-state index contributed by atoms with van der Waals surface area (Å²) < 4.78 is 25.3. The van der Waals surface area contributed by atoms with Crippen molar-refractivity contribution in [1.29, 1.82) is 0 Å². The number of carbonyl (C=O) groups is 2. The molecule has 0 saturated carbocycles. The molecule has 3 atom stereocenters. The number of amides is 3. The van der Waals surface area contributed by atoms with Crippen LogP contribution in [0.15, 0.2) is 22.7 Å². The van der Waals surface area contributed by atoms with Crippen LogP contribution in [0.25, 0.3) is 0 Å². The molecule has 0 aromatic heterocycles. The van der Waals surface area contributed by atoms with Crippen molar-refractivity contribution in [2.45, 2.75) is 49.9 Å². The zero-order chi connectivity index (χ0) is 18.9. The van der Waals surface area contributed by atoms with Crippen LogP contribution in [0.2, 0.25) is 0 Å². The molecule has 142 valence electrons. The highest BCUT2D eigenvalue weighted by atomic mass is 79.9. The van der Waals surface area contributed by atoms with Gasteiger partial charge in [0.25, 0.3) is 0 Å². The molecule has 0 unspecified atom stereocenters. The lowest BCUT2D eigenvalue weighted by molar-refractivity contribution is -0.116. The van der Waals surface area contributed by atoms with Gasteiger partial charge < -0.3 is 16.0 Å². The molecule has 0 aliphatic carbocycles. The molecule has 2 heterocycles. The van der Waals surface area contributed by atoms with Gasteiger partial charge in [0.2, 0.25) is 5.91 Å². The maximum Gasteiger partial charge on any atom is 0.315 e. The number of anilines is 1. The highest BCUT2D eigenvalue weighted by molar-refractivity contribution is 9.10. The minimum atomic E-state index is -3.21. The third-order valence-corrected chi connectivity index (χ3v) is 7.79. The first-order valence-electron chi connectivity index (χ1n) is 8.61. The summed E-state index contributed by atoms with van der Waals surface area (Å²) in [7, 11) is -3.21. The van der Waals surface area contributed by atoms with Crippen molar-refractivity contribution in [1.82, 2.24) is 10.6 Å². The average Bonchev–Trinajstić information content (AvgIpc) is 2.99. The van der Waals surface area contributed by atoms with E-state index in [4.69, 9.17) is 0 Å². The smallest absolute Gasteiger partial charge is 0.315 e. The number of urea groups is 1. The van der Waals surface area contributed by atoms with Crippen molar-refractivity contribution < 1.29 is 18.0 Å². The zero-order valence-corrected chi connectivity index (χ0v) is 16.8. The van der Waals surface area contributed by atoms with E-state index in [2.05, 4.69) is 31.9 Å². The van der Waals surface area contributed by atoms with E-state index < -0.39 is 15.1 Å². The van der Waals surface area contributed by atoms with E-state index in [1.54, 1.807) is 0 Å². The lowest BCUT2D eigenvalue weighted by Crippen LogP contribution is -2.39. The topological polar surface area (TPSA) is 104 Å². The fraction of sp³-hybridized carbons (Fsp3) is 0.529. The van der Waals surface area contributed by atoms with Gasteiger partial charge in [0.1, 0.15) is 0 Å². The molecule has 3 N–H and O–H groups in total. The summed E-state index contributed by atoms with van der Waals surface area (Å²) in [6.07, 6.45) is 1.99. The summed E-state index contributed by atoms with van der Waals surface area (Å²) in [5.74, 6) is -0.110. The number of unbranched alkanes of at least 4 members (excludes halogenated alkanes) is 1. The van der Waals surface area contributed by atoms with E-state index in [1.165, 1.54) is 0 Å². The summed E-state index contributed by atoms with van der Waals surface area (Å²) in [5.41, 5.74) is 1.82. The average molecular weight is 444 g/mol. The van der Waals surface area contributed by atoms with Crippen LogP contribution >= 0.6 is 15.9 Å². The quantitative estimate of drug-likeness (QED) is 0.462. The Bertz CT molecular complexity index is 827. The number of aryl methyl sites for hydroxylation is 1. The number of carbonyl (C=O) groups excluding carboxylic acids is 2. The molecule has 0 spiro atoms. The van der Waals surface area contributed by atoms with E-state index in [1.807, 2.05) is 25.1 Å². The Labute approximate surface area is 161 Å². The third kappa shape index (κ3) is 4.20. The maximum absolute atomic E-state index is 12.2. The van der Waals surface area contributed by atoms with Crippen LogP contribution in [-0.2, 0) is 14.6 Å². The van der Waals surface area contributed by atoms with Gasteiger partial charge in [-0.25, -0.2) is 13.2 Å². The van der Waals surface area contributed by atoms with E-state index in [0.29, 0.717) is 25.7 Å². The summed E-state index contributed by atoms with van der Waals surface area (Å²) in [4.78, 5) is 23.5. The highest BCUT2D eigenvalue weighted by Gasteiger charge is 2.51. The normalized spacial score (nSPS) is 26.1. The fourth-order valence-electron chi connectivity index (χ4n) is 3.57. The molecule has 0 bridgehead atoms. The Kier molecular flexibility index (Phi) is 5.57. The highest BCUT2D eigenvalue weighted by Crippen LogP contribution is 2.28. The summed E-state index contributed by atoms with van der Waals surface area (Å²) in [5, 5.41) is 7.63. The zero-order valence-electron chi connectivity index (χ0n) is 14.4. The molecule has 3 rings (SSSR count). The minimum Gasteiger partial charge on any atom is -0.332 e. The second-order valence-electron chi connectivity index (χ2n) is 6.90. The van der Waals surface area contributed by atoms with E-state index in [-0.39, 0.29) is 29.8 Å². The molecule has 1 aromatic rings. The molecular formula is C17H22BrN3O4S. The molecule has 7 nitrogen and oxygen atoms in total. The lowest BCUT2D eigenvalue weighted by atomic mass is 10.0. The molecular weight excluding hydrogens is 422 g/mol. The van der Waals surface area contributed by atoms with Gasteiger partial charge in [-0.05, 0) is 53.4 Å². The van der Waals surface area contributed by atoms with Crippen molar-refractivity contribution in [2.24, 2.45) is 0 Å². The largest absolute Gasteiger partial charge is 0.332 e. The van der Waals surface area contributed by atoms with Crippen LogP contribution in [0.1, 0.15) is 31.2 Å². The number of nitrogens with one attached hydrogen (secondary N) is 3. The SMILES string of the molecule is Cc1ccc(NC(=O)CCCC[C@@H]2[C@H]3NC(=O)N[C@@H]3CS2(=O)=O)c(Br)c1. The van der Waals surface area contributed by atoms with Gasteiger partial charge in [0, 0.05) is 10.9 Å². The molecule has 0 radical (unpaired) electrons. The minimum absolute atomic E-state index is 0.0109. The molecule has 9 heteroatoms. The first-order chi connectivity index (χ1) is 12.3. The van der Waals surface area contributed by atoms with Gasteiger partial charge >= 0.3 is 6.03 Å². The predicted octanol–water partition coefficient (Wildman–Crippen LogP) is 2.10. The van der Waals surface area contributed by atoms with Crippen LogP contribution in [-0.4, -0.2) is 43.4 Å². The summed E-state index contributed by atoms with van der Waals surface area (Å²) in [6.45, 7) is 1.97. The van der Waals surface area contributed by atoms with Crippen LogP contribution in [0, 0.1) is 6.92 Å². The summed E-state index contributed by atoms with van der Waals surface area (Å²) >= 11 is 3.42. The molecule has 2 aliphatic rings. The van der Waals surface area contributed by atoms with Crippen molar-refractivity contribution in [3.05, 3.63) is 28.2 Å². The Hall–Kier alpha value is -1.61. The Morgan fingerprint density at radius 2 is 2.08 bits per heavy atom. The first-order valence-corrected chi connectivity index (χ1v) is 11.1. The monoisotopic (exact) mass is 443 g/mol. The molecule has 2 saturated heterocycles. The fourth-order valence-corrected chi connectivity index (χ4v) is 6.43. The predicted molar refractivity (Wildman–Crippen MR) is 103 cm³/mol. The molecule has 2 aliphatic heterocycles. The van der Waals surface area contributed by atoms with Gasteiger partial charge in [-0.2, -0.15) is 0 Å². The number of halogens is 1. The number of benzene rings is 1. The van der Waals surface area contributed by atoms with Crippen molar-refractivity contribution in [2.75, 3.05) is 11.1 Å². The van der Waals surface area contributed by atoms with Gasteiger partial charge in [0.15, 0.2) is 9.84 Å². The van der Waals surface area contributed by atoms with E-state index in [9.17, 15) is 18.0 Å². The summed E-state index contributed by atoms with van der Waals surface area (Å²) in [6, 6.07) is 4.71. The van der Waals surface area contributed by atoms with Gasteiger partial charge in [-0.3, -0.25) is 4.79 Å². The Morgan fingerprint density at radius 3 is 2.81 bits per heavy atom. The van der Waals surface area contributed by atoms with Crippen molar-refractivity contribution >= 4 is 43.4 Å². The number of hydrogen-bond acceptors (Lipinski definition) is 4. The first kappa shape index (κ1) is 19.2. The van der Waals surface area contributed by atoms with Gasteiger partial charge in [-0.15, -0.1) is 0 Å². The molecule has 3 amide bonds. The number of sulfone groups is 1. The van der Waals surface area contributed by atoms with Crippen molar-refractivity contribution in [3.63, 3.8) is 0 Å². The molecule has 2 fully saturated rings. The molecule has 26 heavy (non-hydrogen) atoms. The van der Waals surface area contributed by atoms with Crippen LogP contribution in [0.3, 0.4) is 0 Å². The Balaban J connectivity index is 1.46. The van der Waals surface area contributed by atoms with Gasteiger partial charge in [0.05, 0.1) is 28.8 Å². The molecule has 1 aromatic carbocycles. The Morgan fingerprint density at radius 1 is 1.31 bits per heavy atom. The maximum atomic E-state index is 12.2. The number of rotatable bonds is 6. The van der Waals surface area contributed by atoms with Gasteiger partial charge in [-0.1, -0.05) is 12.5 Å². The lowest BCUT2D eigenvalue weighted by Gasteiger charge is -2.16. The van der Waals surface area contributed by atoms with E-state index >= 15 is 0 Å². The van der Waals surface area contributed by atoms with Crippen LogP contribution in [0.5, 0.6) is 0 Å². The second-order valence-corrected chi connectivity index (χ2v) is 10.0. The third-order valence-electron chi connectivity index (χ3n) is 4.86.